The van der Waals surface area contributed by atoms with Crippen LogP contribution in [0.15, 0.2) is 10.7 Å². The van der Waals surface area contributed by atoms with Crippen LogP contribution in [0.5, 0.6) is 0 Å². The number of aryl methyl sites for hydroxylation is 2. The maximum absolute atomic E-state index is 13.4. The van der Waals surface area contributed by atoms with E-state index in [0.29, 0.717) is 31.9 Å². The first-order valence-electron chi connectivity index (χ1n) is 10.4. The lowest BCUT2D eigenvalue weighted by atomic mass is 10.2. The van der Waals surface area contributed by atoms with Crippen LogP contribution in [0.2, 0.25) is 0 Å². The fourth-order valence-electron chi connectivity index (χ4n) is 4.17. The zero-order valence-electron chi connectivity index (χ0n) is 17.8. The molecule has 0 aromatic carbocycles. The Morgan fingerprint density at radius 2 is 1.87 bits per heavy atom. The van der Waals surface area contributed by atoms with Crippen LogP contribution in [0.1, 0.15) is 54.4 Å². The van der Waals surface area contributed by atoms with E-state index >= 15 is 0 Å². The average Bonchev–Trinajstić information content (AvgIpc) is 3.40. The molecule has 2 aromatic heterocycles. The lowest BCUT2D eigenvalue weighted by Crippen LogP contribution is -2.50. The van der Waals surface area contributed by atoms with Crippen molar-refractivity contribution in [2.24, 2.45) is 7.05 Å². The van der Waals surface area contributed by atoms with Gasteiger partial charge in [-0.2, -0.15) is 23.4 Å². The molecule has 2 fully saturated rings. The summed E-state index contributed by atoms with van der Waals surface area (Å²) in [6.07, 6.45) is -0.932. The van der Waals surface area contributed by atoms with E-state index in [0.717, 1.165) is 30.6 Å². The second-order valence-corrected chi connectivity index (χ2v) is 9.25. The number of piperazine rings is 1. The van der Waals surface area contributed by atoms with Gasteiger partial charge in [0.25, 0.3) is 0 Å². The molecule has 1 amide bonds. The van der Waals surface area contributed by atoms with Crippen molar-refractivity contribution >= 4 is 21.8 Å². The highest BCUT2D eigenvalue weighted by atomic mass is 79.9. The number of carbonyl (C=O) groups is 1. The highest BCUT2D eigenvalue weighted by Gasteiger charge is 2.43. The maximum Gasteiger partial charge on any atom is 0.436 e. The van der Waals surface area contributed by atoms with E-state index in [-0.39, 0.29) is 16.3 Å². The second kappa shape index (κ2) is 8.23. The molecule has 1 aliphatic heterocycles. The Labute approximate surface area is 187 Å². The van der Waals surface area contributed by atoms with Crippen LogP contribution in [0.3, 0.4) is 0 Å². The summed E-state index contributed by atoms with van der Waals surface area (Å²) < 4.78 is 43.2. The Kier molecular flexibility index (Phi) is 5.93. The fourth-order valence-corrected chi connectivity index (χ4v) is 4.98. The highest BCUT2D eigenvalue weighted by Crippen LogP contribution is 2.47. The maximum atomic E-state index is 13.4. The van der Waals surface area contributed by atoms with Gasteiger partial charge in [0.2, 0.25) is 5.91 Å². The summed E-state index contributed by atoms with van der Waals surface area (Å²) in [5, 5.41) is 8.18. The van der Waals surface area contributed by atoms with Crippen molar-refractivity contribution in [2.75, 3.05) is 26.2 Å². The summed E-state index contributed by atoms with van der Waals surface area (Å²) in [5.74, 6) is -0.171. The number of amides is 1. The molecule has 1 saturated carbocycles. The summed E-state index contributed by atoms with van der Waals surface area (Å²) in [6, 6.07) is -0.782. The van der Waals surface area contributed by atoms with Crippen LogP contribution in [-0.2, 0) is 24.6 Å². The molecular formula is C20H26BrF3N6O. The first-order valence-corrected chi connectivity index (χ1v) is 11.2. The fraction of sp³-hybridized carbons (Fsp3) is 0.650. The number of hydrogen-bond acceptors (Lipinski definition) is 4. The third-order valence-electron chi connectivity index (χ3n) is 6.04. The van der Waals surface area contributed by atoms with Crippen molar-refractivity contribution in [3.8, 4) is 0 Å². The number of nitrogens with zero attached hydrogens (tertiary/aromatic N) is 6. The van der Waals surface area contributed by atoms with E-state index < -0.39 is 17.9 Å². The molecule has 170 valence electrons. The van der Waals surface area contributed by atoms with Crippen molar-refractivity contribution in [2.45, 2.75) is 51.4 Å². The monoisotopic (exact) mass is 502 g/mol. The van der Waals surface area contributed by atoms with Gasteiger partial charge < -0.3 is 4.90 Å². The van der Waals surface area contributed by atoms with E-state index in [1.807, 2.05) is 20.2 Å². The number of alkyl halides is 3. The molecule has 2 aliphatic rings. The highest BCUT2D eigenvalue weighted by molar-refractivity contribution is 9.10. The van der Waals surface area contributed by atoms with Gasteiger partial charge in [-0.25, -0.2) is 0 Å². The van der Waals surface area contributed by atoms with Gasteiger partial charge in [-0.3, -0.25) is 19.1 Å². The van der Waals surface area contributed by atoms with Gasteiger partial charge >= 0.3 is 6.18 Å². The Balaban J connectivity index is 1.44. The number of rotatable bonds is 5. The molecule has 0 radical (unpaired) electrons. The van der Waals surface area contributed by atoms with Crippen LogP contribution < -0.4 is 0 Å². The second-order valence-electron chi connectivity index (χ2n) is 8.46. The SMILES string of the molecule is Cc1nn(C)cc1CN1CCN(C(=O)C(C)n2nc(C(F)(F)F)c(Br)c2C2CC2)CC1. The van der Waals surface area contributed by atoms with Gasteiger partial charge in [0.05, 0.1) is 15.9 Å². The van der Waals surface area contributed by atoms with Crippen molar-refractivity contribution < 1.29 is 18.0 Å². The van der Waals surface area contributed by atoms with Gasteiger partial charge in [0.1, 0.15) is 6.04 Å². The summed E-state index contributed by atoms with van der Waals surface area (Å²) in [5.41, 5.74) is 1.68. The minimum atomic E-state index is -4.56. The Hall–Kier alpha value is -1.88. The smallest absolute Gasteiger partial charge is 0.338 e. The van der Waals surface area contributed by atoms with Crippen molar-refractivity contribution in [3.63, 3.8) is 0 Å². The molecule has 4 rings (SSSR count). The van der Waals surface area contributed by atoms with Gasteiger partial charge in [0.15, 0.2) is 5.69 Å². The van der Waals surface area contributed by atoms with Crippen molar-refractivity contribution in [1.82, 2.24) is 29.4 Å². The molecule has 7 nitrogen and oxygen atoms in total. The molecule has 2 aromatic rings. The van der Waals surface area contributed by atoms with E-state index in [1.165, 1.54) is 4.68 Å². The van der Waals surface area contributed by atoms with Crippen molar-refractivity contribution in [1.29, 1.82) is 0 Å². The first kappa shape index (κ1) is 22.3. The lowest BCUT2D eigenvalue weighted by Gasteiger charge is -2.36. The summed E-state index contributed by atoms with van der Waals surface area (Å²) in [6.45, 7) is 6.87. The molecule has 1 atom stereocenters. The van der Waals surface area contributed by atoms with E-state index in [2.05, 4.69) is 31.0 Å². The van der Waals surface area contributed by atoms with Crippen molar-refractivity contribution in [3.05, 3.63) is 33.3 Å². The standard InChI is InChI=1S/C20H26BrF3N6O/c1-12-15(10-27(3)25-12)11-28-6-8-29(9-7-28)19(31)13(2)30-17(14-4-5-14)16(21)18(26-30)20(22,23)24/h10,13-14H,4-9,11H2,1-3H3. The van der Waals surface area contributed by atoms with Crippen LogP contribution in [-0.4, -0.2) is 61.4 Å². The Morgan fingerprint density at radius 3 is 2.39 bits per heavy atom. The molecule has 11 heteroatoms. The number of carbonyl (C=O) groups excluding carboxylic acids is 1. The third kappa shape index (κ3) is 4.52. The predicted octanol–water partition coefficient (Wildman–Crippen LogP) is 3.49. The molecule has 0 spiro atoms. The number of hydrogen-bond donors (Lipinski definition) is 0. The summed E-state index contributed by atoms with van der Waals surface area (Å²) in [4.78, 5) is 17.1. The number of aromatic nitrogens is 4. The Morgan fingerprint density at radius 1 is 1.23 bits per heavy atom. The molecule has 31 heavy (non-hydrogen) atoms. The predicted molar refractivity (Wildman–Crippen MR) is 111 cm³/mol. The minimum Gasteiger partial charge on any atom is -0.338 e. The van der Waals surface area contributed by atoms with E-state index in [4.69, 9.17) is 0 Å². The van der Waals surface area contributed by atoms with Gasteiger partial charge in [0, 0.05) is 57.4 Å². The summed E-state index contributed by atoms with van der Waals surface area (Å²) in [7, 11) is 1.89. The molecule has 0 bridgehead atoms. The van der Waals surface area contributed by atoms with Crippen LogP contribution in [0.4, 0.5) is 13.2 Å². The van der Waals surface area contributed by atoms with Crippen LogP contribution in [0.25, 0.3) is 0 Å². The molecular weight excluding hydrogens is 477 g/mol. The molecule has 3 heterocycles. The molecule has 1 unspecified atom stereocenters. The van der Waals surface area contributed by atoms with Gasteiger partial charge in [-0.05, 0) is 42.6 Å². The molecule has 1 aliphatic carbocycles. The zero-order valence-corrected chi connectivity index (χ0v) is 19.4. The minimum absolute atomic E-state index is 0.0211. The number of halogens is 4. The van der Waals surface area contributed by atoms with Crippen LogP contribution >= 0.6 is 15.9 Å². The average molecular weight is 503 g/mol. The molecule has 1 saturated heterocycles. The van der Waals surface area contributed by atoms with Gasteiger partial charge in [-0.15, -0.1) is 0 Å². The third-order valence-corrected chi connectivity index (χ3v) is 6.82. The van der Waals surface area contributed by atoms with Gasteiger partial charge in [-0.1, -0.05) is 0 Å². The largest absolute Gasteiger partial charge is 0.436 e. The summed E-state index contributed by atoms with van der Waals surface area (Å²) >= 11 is 3.10. The Bertz CT molecular complexity index is 972. The normalized spacial score (nSPS) is 19.1. The van der Waals surface area contributed by atoms with E-state index in [1.54, 1.807) is 16.5 Å². The zero-order chi connectivity index (χ0) is 22.5. The molecule has 0 N–H and O–H groups in total. The topological polar surface area (TPSA) is 59.2 Å². The van der Waals surface area contributed by atoms with Crippen LogP contribution in [0, 0.1) is 6.92 Å². The quantitative estimate of drug-likeness (QED) is 0.627. The first-order chi connectivity index (χ1) is 14.6. The van der Waals surface area contributed by atoms with E-state index in [9.17, 15) is 18.0 Å². The lowest BCUT2D eigenvalue weighted by molar-refractivity contribution is -0.143.